The van der Waals surface area contributed by atoms with Gasteiger partial charge in [-0.15, -0.1) is 0 Å². The first-order valence-electron chi connectivity index (χ1n) is 8.56. The molecule has 2 amide bonds. The Labute approximate surface area is 152 Å². The number of carbonyl (C=O) groups excluding carboxylic acids is 2. The average molecular weight is 364 g/mol. The molecular weight excluding hydrogens is 340 g/mol. The van der Waals surface area contributed by atoms with Crippen molar-refractivity contribution in [2.75, 3.05) is 19.8 Å². The number of likely N-dealkylation sites (tertiary alicyclic amines) is 1. The van der Waals surface area contributed by atoms with E-state index in [0.717, 1.165) is 0 Å². The summed E-state index contributed by atoms with van der Waals surface area (Å²) < 4.78 is 10.6. The second-order valence-corrected chi connectivity index (χ2v) is 6.22. The third-order valence-electron chi connectivity index (χ3n) is 4.03. The standard InChI is InChI=1S/C18H24N2O6/c1-4-25-15-9-12(5-6-14(15)26-10-16(21)22)17(23)19-13-7-8-20(11(2)3)18(13)24/h5-6,9,11,13H,4,7-8,10H2,1-3H3,(H,19,23)(H,21,22)/t13-/m1/s1. The molecular formula is C18H24N2O6. The van der Waals surface area contributed by atoms with Crippen LogP contribution in [0.4, 0.5) is 0 Å². The Bertz CT molecular complexity index is 688. The van der Waals surface area contributed by atoms with Crippen LogP contribution in [0.15, 0.2) is 18.2 Å². The third kappa shape index (κ3) is 4.65. The van der Waals surface area contributed by atoms with Crippen molar-refractivity contribution in [3.05, 3.63) is 23.8 Å². The van der Waals surface area contributed by atoms with E-state index in [9.17, 15) is 14.4 Å². The SMILES string of the molecule is CCOc1cc(C(=O)N[C@@H]2CCN(C(C)C)C2=O)ccc1OCC(=O)O. The zero-order chi connectivity index (χ0) is 19.3. The van der Waals surface area contributed by atoms with E-state index in [1.54, 1.807) is 11.8 Å². The number of carbonyl (C=O) groups is 3. The summed E-state index contributed by atoms with van der Waals surface area (Å²) in [5, 5.41) is 11.5. The van der Waals surface area contributed by atoms with Crippen LogP contribution in [0.3, 0.4) is 0 Å². The molecule has 2 N–H and O–H groups in total. The molecule has 0 spiro atoms. The summed E-state index contributed by atoms with van der Waals surface area (Å²) >= 11 is 0. The molecule has 1 heterocycles. The number of ether oxygens (including phenoxy) is 2. The maximum atomic E-state index is 12.5. The lowest BCUT2D eigenvalue weighted by atomic mass is 10.1. The normalized spacial score (nSPS) is 16.7. The Morgan fingerprint density at radius 3 is 2.62 bits per heavy atom. The van der Waals surface area contributed by atoms with Crippen LogP contribution in [0.25, 0.3) is 0 Å². The topological polar surface area (TPSA) is 105 Å². The number of carboxylic acid groups (broad SMARTS) is 1. The lowest BCUT2D eigenvalue weighted by Crippen LogP contribution is -2.43. The van der Waals surface area contributed by atoms with Crippen molar-refractivity contribution in [1.29, 1.82) is 0 Å². The molecule has 1 aliphatic rings. The number of nitrogens with zero attached hydrogens (tertiary/aromatic N) is 1. The zero-order valence-corrected chi connectivity index (χ0v) is 15.2. The molecule has 0 bridgehead atoms. The van der Waals surface area contributed by atoms with Crippen molar-refractivity contribution in [1.82, 2.24) is 10.2 Å². The number of nitrogens with one attached hydrogen (secondary N) is 1. The number of aliphatic carboxylic acids is 1. The van der Waals surface area contributed by atoms with E-state index in [2.05, 4.69) is 5.32 Å². The maximum absolute atomic E-state index is 12.5. The molecule has 1 aromatic rings. The van der Waals surface area contributed by atoms with Gasteiger partial charge in [0.25, 0.3) is 5.91 Å². The molecule has 26 heavy (non-hydrogen) atoms. The molecule has 1 fully saturated rings. The van der Waals surface area contributed by atoms with Gasteiger partial charge in [-0.05, 0) is 45.4 Å². The first kappa shape index (κ1) is 19.6. The first-order chi connectivity index (χ1) is 12.3. The molecule has 0 aliphatic carbocycles. The van der Waals surface area contributed by atoms with Gasteiger partial charge in [-0.1, -0.05) is 0 Å². The van der Waals surface area contributed by atoms with E-state index < -0.39 is 18.6 Å². The Morgan fingerprint density at radius 2 is 2.04 bits per heavy atom. The minimum absolute atomic E-state index is 0.0835. The molecule has 1 saturated heterocycles. The third-order valence-corrected chi connectivity index (χ3v) is 4.03. The lowest BCUT2D eigenvalue weighted by Gasteiger charge is -2.21. The van der Waals surface area contributed by atoms with E-state index in [0.29, 0.717) is 25.1 Å². The Kier molecular flexibility index (Phi) is 6.43. The average Bonchev–Trinajstić information content (AvgIpc) is 2.94. The molecule has 0 saturated carbocycles. The number of hydrogen-bond acceptors (Lipinski definition) is 5. The number of amides is 2. The van der Waals surface area contributed by atoms with Crippen LogP contribution in [0.1, 0.15) is 37.6 Å². The molecule has 8 heteroatoms. The minimum atomic E-state index is -1.11. The molecule has 1 aliphatic heterocycles. The maximum Gasteiger partial charge on any atom is 0.341 e. The molecule has 142 valence electrons. The molecule has 2 rings (SSSR count). The van der Waals surface area contributed by atoms with Crippen LogP contribution in [0, 0.1) is 0 Å². The zero-order valence-electron chi connectivity index (χ0n) is 15.2. The van der Waals surface area contributed by atoms with Crippen molar-refractivity contribution in [3.63, 3.8) is 0 Å². The van der Waals surface area contributed by atoms with Crippen molar-refractivity contribution in [3.8, 4) is 11.5 Å². The summed E-state index contributed by atoms with van der Waals surface area (Å²) in [6, 6.07) is 4.03. The Morgan fingerprint density at radius 1 is 1.31 bits per heavy atom. The van der Waals surface area contributed by atoms with E-state index in [4.69, 9.17) is 14.6 Å². The van der Waals surface area contributed by atoms with Crippen molar-refractivity contribution < 1.29 is 29.0 Å². The fourth-order valence-corrected chi connectivity index (χ4v) is 2.77. The van der Waals surface area contributed by atoms with Crippen molar-refractivity contribution in [2.45, 2.75) is 39.3 Å². The first-order valence-corrected chi connectivity index (χ1v) is 8.56. The monoisotopic (exact) mass is 364 g/mol. The number of hydrogen-bond donors (Lipinski definition) is 2. The fraction of sp³-hybridized carbons (Fsp3) is 0.500. The van der Waals surface area contributed by atoms with Crippen LogP contribution in [0.2, 0.25) is 0 Å². The van der Waals surface area contributed by atoms with Gasteiger partial charge in [-0.3, -0.25) is 9.59 Å². The van der Waals surface area contributed by atoms with Gasteiger partial charge in [0.05, 0.1) is 6.61 Å². The van der Waals surface area contributed by atoms with Gasteiger partial charge in [-0.25, -0.2) is 4.79 Å². The predicted octanol–water partition coefficient (Wildman–Crippen LogP) is 1.29. The summed E-state index contributed by atoms with van der Waals surface area (Å²) in [6.45, 7) is 6.09. The quantitative estimate of drug-likeness (QED) is 0.720. The van der Waals surface area contributed by atoms with Gasteiger partial charge in [0.2, 0.25) is 5.91 Å². The Balaban J connectivity index is 2.10. The minimum Gasteiger partial charge on any atom is -0.490 e. The van der Waals surface area contributed by atoms with Crippen molar-refractivity contribution >= 4 is 17.8 Å². The van der Waals surface area contributed by atoms with Gasteiger partial charge in [0.1, 0.15) is 6.04 Å². The van der Waals surface area contributed by atoms with Crippen LogP contribution in [-0.2, 0) is 9.59 Å². The number of benzene rings is 1. The number of carboxylic acids is 1. The molecule has 0 radical (unpaired) electrons. The lowest BCUT2D eigenvalue weighted by molar-refractivity contribution is -0.139. The summed E-state index contributed by atoms with van der Waals surface area (Å²) in [5.41, 5.74) is 0.312. The highest BCUT2D eigenvalue weighted by molar-refractivity contribution is 5.98. The molecule has 1 aromatic carbocycles. The van der Waals surface area contributed by atoms with Gasteiger partial charge >= 0.3 is 5.97 Å². The molecule has 0 aromatic heterocycles. The Hall–Kier alpha value is -2.77. The van der Waals surface area contributed by atoms with Crippen molar-refractivity contribution in [2.24, 2.45) is 0 Å². The van der Waals surface area contributed by atoms with Crippen LogP contribution in [-0.4, -0.2) is 59.6 Å². The number of rotatable bonds is 8. The summed E-state index contributed by atoms with van der Waals surface area (Å²) in [6.07, 6.45) is 0.570. The van der Waals surface area contributed by atoms with Gasteiger partial charge in [0, 0.05) is 18.2 Å². The van der Waals surface area contributed by atoms with E-state index in [1.165, 1.54) is 18.2 Å². The van der Waals surface area contributed by atoms with Gasteiger partial charge < -0.3 is 24.8 Å². The summed E-state index contributed by atoms with van der Waals surface area (Å²) in [4.78, 5) is 37.2. The molecule has 8 nitrogen and oxygen atoms in total. The van der Waals surface area contributed by atoms with Crippen LogP contribution < -0.4 is 14.8 Å². The second kappa shape index (κ2) is 8.55. The highest BCUT2D eigenvalue weighted by Crippen LogP contribution is 2.28. The van der Waals surface area contributed by atoms with Gasteiger partial charge in [0.15, 0.2) is 18.1 Å². The highest BCUT2D eigenvalue weighted by Gasteiger charge is 2.34. The summed E-state index contributed by atoms with van der Waals surface area (Å²) in [7, 11) is 0. The van der Waals surface area contributed by atoms with Gasteiger partial charge in [-0.2, -0.15) is 0 Å². The van der Waals surface area contributed by atoms with E-state index >= 15 is 0 Å². The van der Waals surface area contributed by atoms with Crippen LogP contribution in [0.5, 0.6) is 11.5 Å². The largest absolute Gasteiger partial charge is 0.490 e. The van der Waals surface area contributed by atoms with Crippen LogP contribution >= 0.6 is 0 Å². The van der Waals surface area contributed by atoms with E-state index in [-0.39, 0.29) is 29.4 Å². The predicted molar refractivity (Wildman–Crippen MR) is 93.5 cm³/mol. The smallest absolute Gasteiger partial charge is 0.341 e. The highest BCUT2D eigenvalue weighted by atomic mass is 16.5. The van der Waals surface area contributed by atoms with E-state index in [1.807, 2.05) is 13.8 Å². The fourth-order valence-electron chi connectivity index (χ4n) is 2.77. The molecule has 1 atom stereocenters. The summed E-state index contributed by atoms with van der Waals surface area (Å²) in [5.74, 6) is -1.06. The molecule has 0 unspecified atom stereocenters. The second-order valence-electron chi connectivity index (χ2n) is 6.22.